The maximum absolute atomic E-state index is 5.55. The zero-order chi connectivity index (χ0) is 6.97. The van der Waals surface area contributed by atoms with E-state index in [0.29, 0.717) is 11.4 Å². The fourth-order valence-corrected chi connectivity index (χ4v) is 0.851. The van der Waals surface area contributed by atoms with Gasteiger partial charge < -0.3 is 5.73 Å². The molecule has 2 rings (SSSR count). The summed E-state index contributed by atoms with van der Waals surface area (Å²) in [5.74, 6) is 0. The van der Waals surface area contributed by atoms with Crippen molar-refractivity contribution in [1.29, 1.82) is 0 Å². The van der Waals surface area contributed by atoms with E-state index in [-0.39, 0.29) is 6.17 Å². The second-order valence-electron chi connectivity index (χ2n) is 1.97. The van der Waals surface area contributed by atoms with E-state index in [1.807, 2.05) is 0 Å². The average Bonchev–Trinajstić information content (AvgIpc) is 2.36. The summed E-state index contributed by atoms with van der Waals surface area (Å²) in [4.78, 5) is 11.7. The van der Waals surface area contributed by atoms with Gasteiger partial charge in [-0.1, -0.05) is 0 Å². The van der Waals surface area contributed by atoms with Crippen molar-refractivity contribution in [2.45, 2.75) is 6.17 Å². The maximum atomic E-state index is 5.55. The van der Waals surface area contributed by atoms with Crippen LogP contribution in [0.1, 0.15) is 0 Å². The zero-order valence-corrected chi connectivity index (χ0v) is 5.15. The first kappa shape index (κ1) is 5.49. The Morgan fingerprint density at radius 3 is 3.20 bits per heavy atom. The van der Waals surface area contributed by atoms with Crippen LogP contribution < -0.4 is 5.73 Å². The molecule has 0 bridgehead atoms. The Morgan fingerprint density at radius 2 is 2.40 bits per heavy atom. The number of rotatable bonds is 0. The first-order chi connectivity index (χ1) is 4.88. The molecule has 4 nitrogen and oxygen atoms in total. The van der Waals surface area contributed by atoms with Gasteiger partial charge in [0.15, 0.2) is 0 Å². The minimum absolute atomic E-state index is 0.348. The van der Waals surface area contributed by atoms with Crippen molar-refractivity contribution in [3.8, 4) is 0 Å². The molecule has 0 aromatic carbocycles. The van der Waals surface area contributed by atoms with Crippen molar-refractivity contribution in [3.63, 3.8) is 0 Å². The SMILES string of the molecule is NC1N=CN=C2[C]=CN=C21. The molecule has 10 heavy (non-hydrogen) atoms. The molecule has 0 saturated carbocycles. The van der Waals surface area contributed by atoms with Crippen LogP contribution in [-0.4, -0.2) is 23.9 Å². The molecule has 4 heteroatoms. The van der Waals surface area contributed by atoms with Gasteiger partial charge in [0.25, 0.3) is 0 Å². The van der Waals surface area contributed by atoms with E-state index in [9.17, 15) is 0 Å². The summed E-state index contributed by atoms with van der Waals surface area (Å²) < 4.78 is 0. The standard InChI is InChI=1S/C6H5N4/c7-6-5-4(1-2-8-5)9-3-10-6/h2-3,6H,7H2. The lowest BCUT2D eigenvalue weighted by Gasteiger charge is -2.08. The molecule has 2 N–H and O–H groups in total. The Labute approximate surface area is 57.9 Å². The molecule has 2 heterocycles. The number of aliphatic imine (C=N–C) groups is 3. The summed E-state index contributed by atoms with van der Waals surface area (Å²) in [6.45, 7) is 0. The summed E-state index contributed by atoms with van der Waals surface area (Å²) >= 11 is 0. The van der Waals surface area contributed by atoms with E-state index in [2.05, 4.69) is 21.1 Å². The third-order valence-corrected chi connectivity index (χ3v) is 1.34. The minimum atomic E-state index is -0.348. The van der Waals surface area contributed by atoms with Crippen molar-refractivity contribution in [1.82, 2.24) is 0 Å². The van der Waals surface area contributed by atoms with E-state index in [1.54, 1.807) is 6.20 Å². The van der Waals surface area contributed by atoms with Crippen LogP contribution in [0.4, 0.5) is 0 Å². The summed E-state index contributed by atoms with van der Waals surface area (Å²) in [5.41, 5.74) is 6.97. The monoisotopic (exact) mass is 133 g/mol. The van der Waals surface area contributed by atoms with Crippen LogP contribution in [0.15, 0.2) is 21.2 Å². The number of nitrogens with two attached hydrogens (primary N) is 1. The molecule has 0 spiro atoms. The molecule has 0 saturated heterocycles. The van der Waals surface area contributed by atoms with Gasteiger partial charge in [0.1, 0.15) is 18.2 Å². The van der Waals surface area contributed by atoms with Gasteiger partial charge in [-0.25, -0.2) is 9.98 Å². The predicted molar refractivity (Wildman–Crippen MR) is 39.2 cm³/mol. The highest BCUT2D eigenvalue weighted by molar-refractivity contribution is 6.49. The topological polar surface area (TPSA) is 63.1 Å². The van der Waals surface area contributed by atoms with Crippen LogP contribution in [0, 0.1) is 6.08 Å². The summed E-state index contributed by atoms with van der Waals surface area (Å²) in [6, 6.07) is 0. The van der Waals surface area contributed by atoms with Crippen molar-refractivity contribution in [2.24, 2.45) is 20.7 Å². The summed E-state index contributed by atoms with van der Waals surface area (Å²) in [7, 11) is 0. The van der Waals surface area contributed by atoms with E-state index in [4.69, 9.17) is 5.73 Å². The van der Waals surface area contributed by atoms with Gasteiger partial charge in [0.2, 0.25) is 0 Å². The van der Waals surface area contributed by atoms with Gasteiger partial charge in [0, 0.05) is 12.3 Å². The minimum Gasteiger partial charge on any atom is -0.305 e. The third kappa shape index (κ3) is 0.625. The lowest BCUT2D eigenvalue weighted by atomic mass is 10.2. The molecule has 49 valence electrons. The normalized spacial score (nSPS) is 27.9. The van der Waals surface area contributed by atoms with Gasteiger partial charge in [-0.2, -0.15) is 0 Å². The fourth-order valence-electron chi connectivity index (χ4n) is 0.851. The van der Waals surface area contributed by atoms with Gasteiger partial charge >= 0.3 is 0 Å². The first-order valence-electron chi connectivity index (χ1n) is 2.89. The second kappa shape index (κ2) is 1.85. The second-order valence-corrected chi connectivity index (χ2v) is 1.97. The van der Waals surface area contributed by atoms with Crippen molar-refractivity contribution in [2.75, 3.05) is 0 Å². The summed E-state index contributed by atoms with van der Waals surface area (Å²) in [6.07, 6.45) is 5.48. The van der Waals surface area contributed by atoms with Crippen LogP contribution in [0.3, 0.4) is 0 Å². The lowest BCUT2D eigenvalue weighted by Crippen LogP contribution is -2.34. The number of fused-ring (bicyclic) bond motifs is 1. The fraction of sp³-hybridized carbons (Fsp3) is 0.167. The highest BCUT2D eigenvalue weighted by atomic mass is 15.1. The summed E-state index contributed by atoms with van der Waals surface area (Å²) in [5, 5.41) is 0. The average molecular weight is 133 g/mol. The Kier molecular flexibility index (Phi) is 1.01. The molecule has 0 aliphatic carbocycles. The Bertz CT molecular complexity index is 271. The first-order valence-corrected chi connectivity index (χ1v) is 2.89. The van der Waals surface area contributed by atoms with Crippen LogP contribution in [-0.2, 0) is 0 Å². The molecule has 2 aliphatic heterocycles. The number of nitrogens with zero attached hydrogens (tertiary/aromatic N) is 3. The molecule has 1 unspecified atom stereocenters. The molecule has 0 fully saturated rings. The van der Waals surface area contributed by atoms with Crippen molar-refractivity contribution >= 4 is 17.8 Å². The van der Waals surface area contributed by atoms with Gasteiger partial charge in [-0.15, -0.1) is 0 Å². The Balaban J connectivity index is 2.45. The number of hydrogen-bond acceptors (Lipinski definition) is 4. The molecular weight excluding hydrogens is 128 g/mol. The smallest absolute Gasteiger partial charge is 0.144 e. The van der Waals surface area contributed by atoms with E-state index < -0.39 is 0 Å². The van der Waals surface area contributed by atoms with Crippen LogP contribution in [0.25, 0.3) is 0 Å². The molecule has 1 atom stereocenters. The Morgan fingerprint density at radius 1 is 1.50 bits per heavy atom. The number of allylic oxidation sites excluding steroid dienone is 1. The lowest BCUT2D eigenvalue weighted by molar-refractivity contribution is 0.930. The highest BCUT2D eigenvalue weighted by Gasteiger charge is 2.19. The molecule has 1 radical (unpaired) electrons. The molecule has 0 aromatic heterocycles. The molecular formula is C6H5N4. The van der Waals surface area contributed by atoms with E-state index >= 15 is 0 Å². The molecule has 0 amide bonds. The van der Waals surface area contributed by atoms with E-state index in [0.717, 1.165) is 0 Å². The zero-order valence-electron chi connectivity index (χ0n) is 5.15. The highest BCUT2D eigenvalue weighted by Crippen LogP contribution is 2.04. The predicted octanol–water partition coefficient (Wildman–Crippen LogP) is -0.474. The maximum Gasteiger partial charge on any atom is 0.144 e. The number of hydrogen-bond donors (Lipinski definition) is 1. The van der Waals surface area contributed by atoms with E-state index in [1.165, 1.54) is 6.34 Å². The quantitative estimate of drug-likeness (QED) is 0.477. The molecule has 0 aromatic rings. The van der Waals surface area contributed by atoms with Gasteiger partial charge in [0.05, 0.1) is 5.71 Å². The van der Waals surface area contributed by atoms with Crippen molar-refractivity contribution in [3.05, 3.63) is 12.3 Å². The largest absolute Gasteiger partial charge is 0.305 e. The van der Waals surface area contributed by atoms with Crippen LogP contribution in [0.5, 0.6) is 0 Å². The van der Waals surface area contributed by atoms with Crippen molar-refractivity contribution < 1.29 is 0 Å². The van der Waals surface area contributed by atoms with Gasteiger partial charge in [-0.05, 0) is 0 Å². The molecule has 2 aliphatic rings. The third-order valence-electron chi connectivity index (χ3n) is 1.34. The van der Waals surface area contributed by atoms with Gasteiger partial charge in [-0.3, -0.25) is 4.99 Å². The van der Waals surface area contributed by atoms with Crippen LogP contribution in [0.2, 0.25) is 0 Å². The Hall–Kier alpha value is -1.29. The van der Waals surface area contributed by atoms with Crippen LogP contribution >= 0.6 is 0 Å².